The average Bonchev–Trinajstić information content (AvgIpc) is 2.89. The molecule has 4 heteroatoms. The number of nitrogens with zero attached hydrogens (tertiary/aromatic N) is 1. The van der Waals surface area contributed by atoms with Gasteiger partial charge in [-0.05, 0) is 30.7 Å². The number of carbonyl (C=O) groups excluding carboxylic acids is 2. The summed E-state index contributed by atoms with van der Waals surface area (Å²) in [7, 11) is 0. The van der Waals surface area contributed by atoms with Crippen molar-refractivity contribution >= 4 is 12.0 Å². The molecule has 144 valence electrons. The van der Waals surface area contributed by atoms with Crippen molar-refractivity contribution in [2.75, 3.05) is 0 Å². The number of amides is 2. The molecule has 0 saturated carbocycles. The Labute approximate surface area is 157 Å². The Morgan fingerprint density at radius 2 is 1.77 bits per heavy atom. The molecule has 0 radical (unpaired) electrons. The predicted molar refractivity (Wildman–Crippen MR) is 104 cm³/mol. The number of imide groups is 1. The van der Waals surface area contributed by atoms with Crippen LogP contribution in [0.25, 0.3) is 0 Å². The van der Waals surface area contributed by atoms with Crippen molar-refractivity contribution in [3.05, 3.63) is 35.9 Å². The smallest absolute Gasteiger partial charge is 0.417 e. The van der Waals surface area contributed by atoms with Crippen LogP contribution in [0.15, 0.2) is 30.3 Å². The van der Waals surface area contributed by atoms with E-state index in [1.807, 2.05) is 44.2 Å². The van der Waals surface area contributed by atoms with E-state index in [0.29, 0.717) is 5.92 Å². The molecule has 0 aliphatic carbocycles. The standard InChI is InChI=1S/C22H33NO3/c1-15(2)10-9-11-16(3)14-17(4)21(24)23-18(5)20(26-22(23)25)19-12-7-6-8-13-19/h6-8,12-13,15-18,20H,9-11,14H2,1-5H3/t16-,17-,18-,20+/m1/s1. The molecule has 1 saturated heterocycles. The van der Waals surface area contributed by atoms with E-state index in [1.54, 1.807) is 0 Å². The molecule has 4 atom stereocenters. The van der Waals surface area contributed by atoms with Crippen molar-refractivity contribution in [3.8, 4) is 0 Å². The van der Waals surface area contributed by atoms with Gasteiger partial charge in [0.15, 0.2) is 0 Å². The van der Waals surface area contributed by atoms with Crippen LogP contribution in [0.5, 0.6) is 0 Å². The molecule has 0 N–H and O–H groups in total. The van der Waals surface area contributed by atoms with Crippen molar-refractivity contribution < 1.29 is 14.3 Å². The van der Waals surface area contributed by atoms with Gasteiger partial charge in [0.2, 0.25) is 5.91 Å². The fraction of sp³-hybridized carbons (Fsp3) is 0.636. The Balaban J connectivity index is 1.94. The van der Waals surface area contributed by atoms with E-state index in [4.69, 9.17) is 4.74 Å². The molecule has 0 bridgehead atoms. The van der Waals surface area contributed by atoms with Crippen LogP contribution in [-0.2, 0) is 9.53 Å². The number of cyclic esters (lactones) is 1. The van der Waals surface area contributed by atoms with Gasteiger partial charge in [0.05, 0.1) is 6.04 Å². The van der Waals surface area contributed by atoms with Gasteiger partial charge in [-0.25, -0.2) is 9.69 Å². The zero-order chi connectivity index (χ0) is 19.3. The van der Waals surface area contributed by atoms with E-state index in [1.165, 1.54) is 17.7 Å². The van der Waals surface area contributed by atoms with Crippen molar-refractivity contribution in [3.63, 3.8) is 0 Å². The minimum Gasteiger partial charge on any atom is -0.439 e. The maximum atomic E-state index is 12.9. The maximum Gasteiger partial charge on any atom is 0.417 e. The maximum absolute atomic E-state index is 12.9. The summed E-state index contributed by atoms with van der Waals surface area (Å²) >= 11 is 0. The van der Waals surface area contributed by atoms with Crippen molar-refractivity contribution in [1.29, 1.82) is 0 Å². The lowest BCUT2D eigenvalue weighted by molar-refractivity contribution is -0.133. The van der Waals surface area contributed by atoms with Crippen LogP contribution in [0.1, 0.15) is 72.0 Å². The number of rotatable bonds is 8. The van der Waals surface area contributed by atoms with Crippen molar-refractivity contribution in [1.82, 2.24) is 4.90 Å². The second-order valence-electron chi connectivity index (χ2n) is 8.23. The number of benzene rings is 1. The lowest BCUT2D eigenvalue weighted by Gasteiger charge is -2.24. The molecule has 1 heterocycles. The van der Waals surface area contributed by atoms with Crippen LogP contribution in [0.3, 0.4) is 0 Å². The third-order valence-electron chi connectivity index (χ3n) is 5.29. The first-order valence-corrected chi connectivity index (χ1v) is 9.89. The van der Waals surface area contributed by atoms with Gasteiger partial charge in [-0.2, -0.15) is 0 Å². The Morgan fingerprint density at radius 3 is 2.38 bits per heavy atom. The molecule has 2 amide bonds. The fourth-order valence-corrected chi connectivity index (χ4v) is 3.78. The third kappa shape index (κ3) is 5.09. The third-order valence-corrected chi connectivity index (χ3v) is 5.29. The molecule has 0 unspecified atom stereocenters. The lowest BCUT2D eigenvalue weighted by Crippen LogP contribution is -2.41. The Kier molecular flexibility index (Phi) is 7.24. The van der Waals surface area contributed by atoms with Crippen LogP contribution in [0.2, 0.25) is 0 Å². The van der Waals surface area contributed by atoms with Gasteiger partial charge < -0.3 is 4.74 Å². The van der Waals surface area contributed by atoms with E-state index >= 15 is 0 Å². The number of ether oxygens (including phenoxy) is 1. The summed E-state index contributed by atoms with van der Waals surface area (Å²) in [4.78, 5) is 26.5. The molecule has 4 nitrogen and oxygen atoms in total. The summed E-state index contributed by atoms with van der Waals surface area (Å²) in [5, 5.41) is 0. The highest BCUT2D eigenvalue weighted by Crippen LogP contribution is 2.34. The highest BCUT2D eigenvalue weighted by atomic mass is 16.6. The molecule has 1 aliphatic heterocycles. The van der Waals surface area contributed by atoms with Gasteiger partial charge in [-0.1, -0.05) is 77.3 Å². The first kappa shape index (κ1) is 20.5. The Morgan fingerprint density at radius 1 is 1.12 bits per heavy atom. The quantitative estimate of drug-likeness (QED) is 0.608. The van der Waals surface area contributed by atoms with E-state index in [0.717, 1.165) is 24.3 Å². The van der Waals surface area contributed by atoms with E-state index in [-0.39, 0.29) is 24.0 Å². The van der Waals surface area contributed by atoms with E-state index in [2.05, 4.69) is 20.8 Å². The largest absolute Gasteiger partial charge is 0.439 e. The van der Waals surface area contributed by atoms with Crippen molar-refractivity contribution in [2.45, 2.75) is 72.4 Å². The lowest BCUT2D eigenvalue weighted by atomic mass is 9.90. The minimum absolute atomic E-state index is 0.114. The molecule has 2 rings (SSSR count). The molecule has 1 fully saturated rings. The van der Waals surface area contributed by atoms with Crippen LogP contribution < -0.4 is 0 Å². The SMILES string of the molecule is CC(C)CCC[C@@H](C)C[C@@H](C)C(=O)N1C(=O)O[C@H](c2ccccc2)[C@H]1C. The zero-order valence-corrected chi connectivity index (χ0v) is 16.8. The molecule has 1 aliphatic rings. The van der Waals surface area contributed by atoms with Crippen molar-refractivity contribution in [2.24, 2.45) is 17.8 Å². The van der Waals surface area contributed by atoms with Gasteiger partial charge in [0.25, 0.3) is 0 Å². The molecule has 0 spiro atoms. The monoisotopic (exact) mass is 359 g/mol. The highest BCUT2D eigenvalue weighted by molar-refractivity contribution is 5.94. The van der Waals surface area contributed by atoms with Gasteiger partial charge in [0, 0.05) is 5.92 Å². The Bertz CT molecular complexity index is 599. The summed E-state index contributed by atoms with van der Waals surface area (Å²) in [5.41, 5.74) is 0.929. The molecule has 1 aromatic carbocycles. The van der Waals surface area contributed by atoms with E-state index in [9.17, 15) is 9.59 Å². The number of hydrogen-bond acceptors (Lipinski definition) is 3. The first-order valence-electron chi connectivity index (χ1n) is 9.89. The Hall–Kier alpha value is -1.84. The van der Waals surface area contributed by atoms with Gasteiger partial charge in [0.1, 0.15) is 6.10 Å². The topological polar surface area (TPSA) is 46.6 Å². The van der Waals surface area contributed by atoms with E-state index < -0.39 is 6.09 Å². The highest BCUT2D eigenvalue weighted by Gasteiger charge is 2.44. The van der Waals surface area contributed by atoms with Crippen LogP contribution in [0.4, 0.5) is 4.79 Å². The zero-order valence-electron chi connectivity index (χ0n) is 16.8. The second-order valence-corrected chi connectivity index (χ2v) is 8.23. The fourth-order valence-electron chi connectivity index (χ4n) is 3.78. The average molecular weight is 360 g/mol. The summed E-state index contributed by atoms with van der Waals surface area (Å²) in [6.07, 6.45) is 3.45. The van der Waals surface area contributed by atoms with Crippen LogP contribution in [0, 0.1) is 17.8 Å². The molecule has 0 aromatic heterocycles. The van der Waals surface area contributed by atoms with Crippen LogP contribution in [-0.4, -0.2) is 22.9 Å². The molecule has 26 heavy (non-hydrogen) atoms. The van der Waals surface area contributed by atoms with Gasteiger partial charge >= 0.3 is 6.09 Å². The predicted octanol–water partition coefficient (Wildman–Crippen LogP) is 5.58. The molecule has 1 aromatic rings. The van der Waals surface area contributed by atoms with Crippen LogP contribution >= 0.6 is 0 Å². The van der Waals surface area contributed by atoms with Gasteiger partial charge in [-0.15, -0.1) is 0 Å². The molecular weight excluding hydrogens is 326 g/mol. The number of hydrogen-bond donors (Lipinski definition) is 0. The minimum atomic E-state index is -0.518. The van der Waals surface area contributed by atoms with Gasteiger partial charge in [-0.3, -0.25) is 4.79 Å². The summed E-state index contributed by atoms with van der Waals surface area (Å²) in [6.45, 7) is 10.5. The molecular formula is C22H33NO3. The normalized spacial score (nSPS) is 22.4. The number of carbonyl (C=O) groups is 2. The summed E-state index contributed by atoms with van der Waals surface area (Å²) < 4.78 is 5.51. The summed E-state index contributed by atoms with van der Waals surface area (Å²) in [5.74, 6) is 0.910. The first-order chi connectivity index (χ1) is 12.3. The second kappa shape index (κ2) is 9.20. The summed E-state index contributed by atoms with van der Waals surface area (Å²) in [6, 6.07) is 9.35.